The van der Waals surface area contributed by atoms with Crippen LogP contribution in [-0.2, 0) is 4.79 Å². The first-order valence-electron chi connectivity index (χ1n) is 11.3. The molecule has 2 aliphatic heterocycles. The number of aromatic amines is 1. The molecular formula is C25H31N5O. The Labute approximate surface area is 183 Å². The lowest BCUT2D eigenvalue weighted by atomic mass is 9.93. The Bertz CT molecular complexity index is 1080. The van der Waals surface area contributed by atoms with Gasteiger partial charge in [-0.3, -0.25) is 9.69 Å². The van der Waals surface area contributed by atoms with Crippen LogP contribution in [0.4, 0.5) is 11.4 Å². The summed E-state index contributed by atoms with van der Waals surface area (Å²) in [5.41, 5.74) is 11.9. The smallest absolute Gasteiger partial charge is 0.236 e. The number of amides is 1. The van der Waals surface area contributed by atoms with Gasteiger partial charge in [-0.1, -0.05) is 12.1 Å². The molecule has 2 aliphatic rings. The van der Waals surface area contributed by atoms with Crippen LogP contribution in [0, 0.1) is 6.92 Å². The lowest BCUT2D eigenvalue weighted by Crippen LogP contribution is -2.46. The van der Waals surface area contributed by atoms with Gasteiger partial charge in [0.05, 0.1) is 6.54 Å². The van der Waals surface area contributed by atoms with Crippen LogP contribution in [0.15, 0.2) is 48.7 Å². The van der Waals surface area contributed by atoms with Crippen LogP contribution in [0.25, 0.3) is 10.9 Å². The standard InChI is InChI=1S/C25H31N5O/c1-18-3-2-4-23-25(18)20(16-30(23)17-24(26)31)8-10-28-11-13-29(14-12-28)21-5-6-22-19(15-21)7-9-27-22/h2-7,9,15,20,27H,8,10-14,16-17H2,1H3,(H2,26,31)/t20-/m1/s1. The number of carbonyl (C=O) groups excluding carboxylic acids is 1. The summed E-state index contributed by atoms with van der Waals surface area (Å²) in [5.74, 6) is 0.201. The number of aromatic nitrogens is 1. The van der Waals surface area contributed by atoms with E-state index in [9.17, 15) is 4.79 Å². The van der Waals surface area contributed by atoms with Gasteiger partial charge in [-0.25, -0.2) is 0 Å². The molecule has 5 rings (SSSR count). The number of H-pyrrole nitrogens is 1. The van der Waals surface area contributed by atoms with E-state index in [2.05, 4.69) is 69.1 Å². The Balaban J connectivity index is 1.19. The Kier molecular flexibility index (Phi) is 5.32. The Morgan fingerprint density at radius 3 is 2.77 bits per heavy atom. The zero-order valence-corrected chi connectivity index (χ0v) is 18.2. The second-order valence-corrected chi connectivity index (χ2v) is 8.92. The van der Waals surface area contributed by atoms with Crippen LogP contribution in [0.1, 0.15) is 23.5 Å². The fourth-order valence-electron chi connectivity index (χ4n) is 5.31. The maximum Gasteiger partial charge on any atom is 0.236 e. The number of carbonyl (C=O) groups is 1. The van der Waals surface area contributed by atoms with Gasteiger partial charge in [0.2, 0.25) is 5.91 Å². The minimum atomic E-state index is -0.262. The molecule has 31 heavy (non-hydrogen) atoms. The average molecular weight is 418 g/mol. The van der Waals surface area contributed by atoms with E-state index in [4.69, 9.17) is 5.73 Å². The molecule has 3 aromatic rings. The van der Waals surface area contributed by atoms with Crippen LogP contribution in [0.2, 0.25) is 0 Å². The number of primary amides is 1. The van der Waals surface area contributed by atoms with Crippen molar-refractivity contribution in [2.75, 3.05) is 55.6 Å². The highest BCUT2D eigenvalue weighted by Gasteiger charge is 2.31. The molecular weight excluding hydrogens is 386 g/mol. The van der Waals surface area contributed by atoms with Crippen molar-refractivity contribution in [1.82, 2.24) is 9.88 Å². The first-order valence-corrected chi connectivity index (χ1v) is 11.3. The van der Waals surface area contributed by atoms with Crippen molar-refractivity contribution in [3.63, 3.8) is 0 Å². The molecule has 0 unspecified atom stereocenters. The van der Waals surface area contributed by atoms with E-state index in [1.807, 2.05) is 6.20 Å². The van der Waals surface area contributed by atoms with Crippen LogP contribution in [0.3, 0.4) is 0 Å². The third-order valence-corrected chi connectivity index (χ3v) is 6.91. The summed E-state index contributed by atoms with van der Waals surface area (Å²) in [6.45, 7) is 8.76. The highest BCUT2D eigenvalue weighted by Crippen LogP contribution is 2.40. The lowest BCUT2D eigenvalue weighted by Gasteiger charge is -2.36. The van der Waals surface area contributed by atoms with Gasteiger partial charge in [0.25, 0.3) is 0 Å². The number of nitrogens with two attached hydrogens (primary N) is 1. The van der Waals surface area contributed by atoms with E-state index in [0.717, 1.165) is 45.7 Å². The first-order chi connectivity index (χ1) is 15.1. The summed E-state index contributed by atoms with van der Waals surface area (Å²) < 4.78 is 0. The van der Waals surface area contributed by atoms with Crippen molar-refractivity contribution in [2.24, 2.45) is 5.73 Å². The van der Waals surface area contributed by atoms with Gasteiger partial charge in [-0.2, -0.15) is 0 Å². The van der Waals surface area contributed by atoms with Gasteiger partial charge < -0.3 is 20.5 Å². The number of benzene rings is 2. The minimum absolute atomic E-state index is 0.262. The largest absolute Gasteiger partial charge is 0.369 e. The van der Waals surface area contributed by atoms with Crippen molar-refractivity contribution in [1.29, 1.82) is 0 Å². The van der Waals surface area contributed by atoms with Crippen LogP contribution >= 0.6 is 0 Å². The summed E-state index contributed by atoms with van der Waals surface area (Å²) in [5, 5.41) is 1.27. The molecule has 1 aromatic heterocycles. The molecule has 0 aliphatic carbocycles. The summed E-state index contributed by atoms with van der Waals surface area (Å²) in [6, 6.07) is 15.2. The molecule has 2 aromatic carbocycles. The second-order valence-electron chi connectivity index (χ2n) is 8.92. The van der Waals surface area contributed by atoms with E-state index < -0.39 is 0 Å². The van der Waals surface area contributed by atoms with E-state index in [1.54, 1.807) is 0 Å². The molecule has 0 spiro atoms. The SMILES string of the molecule is Cc1cccc2c1[C@H](CCN1CCN(c3ccc4[nH]ccc4c3)CC1)CN2CC(N)=O. The topological polar surface area (TPSA) is 68.6 Å². The zero-order valence-electron chi connectivity index (χ0n) is 18.2. The lowest BCUT2D eigenvalue weighted by molar-refractivity contribution is -0.116. The van der Waals surface area contributed by atoms with Crippen molar-refractivity contribution in [3.05, 3.63) is 59.8 Å². The molecule has 1 atom stereocenters. The van der Waals surface area contributed by atoms with Crippen LogP contribution < -0.4 is 15.5 Å². The van der Waals surface area contributed by atoms with Gasteiger partial charge in [-0.05, 0) is 61.3 Å². The highest BCUT2D eigenvalue weighted by molar-refractivity contribution is 5.83. The molecule has 1 saturated heterocycles. The van der Waals surface area contributed by atoms with Crippen molar-refractivity contribution < 1.29 is 4.79 Å². The van der Waals surface area contributed by atoms with Gasteiger partial charge >= 0.3 is 0 Å². The molecule has 0 saturated carbocycles. The molecule has 0 bridgehead atoms. The summed E-state index contributed by atoms with van der Waals surface area (Å²) in [4.78, 5) is 22.0. The van der Waals surface area contributed by atoms with Crippen molar-refractivity contribution in [2.45, 2.75) is 19.3 Å². The molecule has 162 valence electrons. The van der Waals surface area contributed by atoms with Crippen molar-refractivity contribution >= 4 is 28.2 Å². The monoisotopic (exact) mass is 417 g/mol. The maximum atomic E-state index is 11.5. The number of hydrogen-bond acceptors (Lipinski definition) is 4. The van der Waals surface area contributed by atoms with E-state index in [-0.39, 0.29) is 5.91 Å². The predicted molar refractivity (Wildman–Crippen MR) is 127 cm³/mol. The second kappa shape index (κ2) is 8.27. The third kappa shape index (κ3) is 4.00. The zero-order chi connectivity index (χ0) is 21.4. The quantitative estimate of drug-likeness (QED) is 0.647. The Morgan fingerprint density at radius 1 is 1.13 bits per heavy atom. The van der Waals surface area contributed by atoms with Gasteiger partial charge in [0, 0.05) is 67.1 Å². The number of piperazine rings is 1. The van der Waals surface area contributed by atoms with Crippen molar-refractivity contribution in [3.8, 4) is 0 Å². The number of rotatable bonds is 6. The molecule has 6 heteroatoms. The summed E-state index contributed by atoms with van der Waals surface area (Å²) in [6.07, 6.45) is 3.11. The van der Waals surface area contributed by atoms with Gasteiger partial charge in [0.1, 0.15) is 0 Å². The minimum Gasteiger partial charge on any atom is -0.369 e. The number of anilines is 2. The number of nitrogens with one attached hydrogen (secondary N) is 1. The third-order valence-electron chi connectivity index (χ3n) is 6.91. The van der Waals surface area contributed by atoms with E-state index in [0.29, 0.717) is 12.5 Å². The summed E-state index contributed by atoms with van der Waals surface area (Å²) in [7, 11) is 0. The molecule has 3 N–H and O–H groups in total. The van der Waals surface area contributed by atoms with E-state index in [1.165, 1.54) is 33.4 Å². The molecule has 1 amide bonds. The Morgan fingerprint density at radius 2 is 1.97 bits per heavy atom. The molecule has 3 heterocycles. The molecule has 1 fully saturated rings. The number of hydrogen-bond donors (Lipinski definition) is 2. The van der Waals surface area contributed by atoms with E-state index >= 15 is 0 Å². The Hall–Kier alpha value is -2.99. The normalized spacial score (nSPS) is 19.2. The highest BCUT2D eigenvalue weighted by atomic mass is 16.1. The van der Waals surface area contributed by atoms with Gasteiger partial charge in [-0.15, -0.1) is 0 Å². The molecule has 6 nitrogen and oxygen atoms in total. The number of nitrogens with zero attached hydrogens (tertiary/aromatic N) is 3. The van der Waals surface area contributed by atoms with Crippen LogP contribution in [-0.4, -0.2) is 61.6 Å². The fraction of sp³-hybridized carbons (Fsp3) is 0.400. The van der Waals surface area contributed by atoms with Crippen LogP contribution in [0.5, 0.6) is 0 Å². The summed E-state index contributed by atoms with van der Waals surface area (Å²) >= 11 is 0. The maximum absolute atomic E-state index is 11.5. The van der Waals surface area contributed by atoms with Gasteiger partial charge in [0.15, 0.2) is 0 Å². The molecule has 0 radical (unpaired) electrons. The first kappa shape index (κ1) is 19.9. The number of aryl methyl sites for hydroxylation is 1. The average Bonchev–Trinajstić information content (AvgIpc) is 3.37. The predicted octanol–water partition coefficient (Wildman–Crippen LogP) is 3.08. The fourth-order valence-corrected chi connectivity index (χ4v) is 5.31. The number of fused-ring (bicyclic) bond motifs is 2.